The summed E-state index contributed by atoms with van der Waals surface area (Å²) in [5.41, 5.74) is 6.44. The van der Waals surface area contributed by atoms with Crippen molar-refractivity contribution in [1.82, 2.24) is 10.2 Å². The quantitative estimate of drug-likeness (QED) is 0.476. The summed E-state index contributed by atoms with van der Waals surface area (Å²) in [5, 5.41) is 18.9. The van der Waals surface area contributed by atoms with Crippen molar-refractivity contribution in [2.45, 2.75) is 12.8 Å². The van der Waals surface area contributed by atoms with Crippen LogP contribution in [0, 0.1) is 0 Å². The predicted octanol–water partition coefficient (Wildman–Crippen LogP) is 5.71. The third-order valence-electron chi connectivity index (χ3n) is 5.55. The monoisotopic (exact) mass is 381 g/mol. The van der Waals surface area contributed by atoms with E-state index in [0.717, 1.165) is 46.4 Å². The Morgan fingerprint density at radius 2 is 1.72 bits per heavy atom. The molecule has 4 nitrogen and oxygen atoms in total. The van der Waals surface area contributed by atoms with Gasteiger partial charge in [0.25, 0.3) is 0 Å². The van der Waals surface area contributed by atoms with Crippen LogP contribution in [0.1, 0.15) is 24.1 Å². The van der Waals surface area contributed by atoms with Gasteiger partial charge in [-0.3, -0.25) is 5.10 Å². The average molecular weight is 381 g/mol. The maximum absolute atomic E-state index is 10.0. The molecule has 4 aromatic rings. The summed E-state index contributed by atoms with van der Waals surface area (Å²) < 4.78 is 0. The number of H-pyrrole nitrogens is 1. The molecule has 2 heterocycles. The number of nitrogens with zero attached hydrogens (tertiary/aromatic N) is 2. The van der Waals surface area contributed by atoms with Crippen LogP contribution in [0.4, 0.5) is 5.69 Å². The van der Waals surface area contributed by atoms with E-state index < -0.39 is 0 Å². The number of aromatic hydroxyl groups is 1. The highest BCUT2D eigenvalue weighted by Crippen LogP contribution is 2.38. The molecule has 1 saturated heterocycles. The second-order valence-electron chi connectivity index (χ2n) is 7.51. The molecule has 1 fully saturated rings. The summed E-state index contributed by atoms with van der Waals surface area (Å²) in [7, 11) is 0. The second-order valence-corrected chi connectivity index (χ2v) is 7.51. The topological polar surface area (TPSA) is 52.2 Å². The van der Waals surface area contributed by atoms with Gasteiger partial charge in [0.1, 0.15) is 5.75 Å². The Morgan fingerprint density at radius 1 is 0.897 bits per heavy atom. The summed E-state index contributed by atoms with van der Waals surface area (Å²) in [4.78, 5) is 2.43. The molecule has 29 heavy (non-hydrogen) atoms. The maximum atomic E-state index is 10.0. The fraction of sp³-hybridized carbons (Fsp3) is 0.160. The number of fused-ring (bicyclic) bond motifs is 1. The van der Waals surface area contributed by atoms with Crippen LogP contribution in [0.2, 0.25) is 0 Å². The Morgan fingerprint density at radius 3 is 2.52 bits per heavy atom. The number of benzene rings is 3. The molecule has 0 bridgehead atoms. The van der Waals surface area contributed by atoms with E-state index in [9.17, 15) is 5.11 Å². The molecule has 3 aromatic carbocycles. The summed E-state index contributed by atoms with van der Waals surface area (Å²) in [6.07, 6.45) is 6.56. The van der Waals surface area contributed by atoms with Gasteiger partial charge in [-0.05, 0) is 54.3 Å². The zero-order valence-corrected chi connectivity index (χ0v) is 16.2. The van der Waals surface area contributed by atoms with Gasteiger partial charge in [-0.1, -0.05) is 48.5 Å². The molecule has 4 heteroatoms. The highest BCUT2D eigenvalue weighted by Gasteiger charge is 2.19. The largest absolute Gasteiger partial charge is 0.508 e. The van der Waals surface area contributed by atoms with E-state index >= 15 is 0 Å². The van der Waals surface area contributed by atoms with Crippen LogP contribution >= 0.6 is 0 Å². The maximum Gasteiger partial charge on any atom is 0.116 e. The summed E-state index contributed by atoms with van der Waals surface area (Å²) >= 11 is 0. The van der Waals surface area contributed by atoms with E-state index in [1.807, 2.05) is 30.3 Å². The molecular formula is C25H23N3O. The van der Waals surface area contributed by atoms with Crippen LogP contribution in [0.3, 0.4) is 0 Å². The second kappa shape index (κ2) is 7.47. The van der Waals surface area contributed by atoms with E-state index in [1.54, 1.807) is 6.07 Å². The lowest BCUT2D eigenvalue weighted by Gasteiger charge is -2.22. The number of phenols is 1. The van der Waals surface area contributed by atoms with Crippen LogP contribution in [0.5, 0.6) is 5.75 Å². The standard InChI is InChI=1S/C25H23N3O/c29-20-10-6-9-19(15-20)21-16-22-23(12-11-18-7-2-1-3-8-18)26-27-24(22)17-25(21)28-13-4-5-14-28/h1-3,6-12,15-17,29H,4-5,13-14H2,(H,26,27)/b12-11+. The zero-order chi connectivity index (χ0) is 19.6. The van der Waals surface area contributed by atoms with E-state index in [2.05, 4.69) is 57.6 Å². The molecule has 0 spiro atoms. The van der Waals surface area contributed by atoms with E-state index in [-0.39, 0.29) is 5.75 Å². The minimum atomic E-state index is 0.284. The average Bonchev–Trinajstić information content (AvgIpc) is 3.42. The van der Waals surface area contributed by atoms with Gasteiger partial charge in [-0.2, -0.15) is 5.10 Å². The van der Waals surface area contributed by atoms with Gasteiger partial charge < -0.3 is 10.0 Å². The Bertz CT molecular complexity index is 1170. The lowest BCUT2D eigenvalue weighted by atomic mass is 9.99. The number of hydrogen-bond donors (Lipinski definition) is 2. The number of nitrogens with one attached hydrogen (secondary N) is 1. The molecule has 144 valence electrons. The van der Waals surface area contributed by atoms with Crippen LogP contribution in [0.15, 0.2) is 66.7 Å². The Kier molecular flexibility index (Phi) is 4.53. The van der Waals surface area contributed by atoms with Gasteiger partial charge in [0.15, 0.2) is 0 Å². The van der Waals surface area contributed by atoms with Gasteiger partial charge in [0.05, 0.1) is 11.2 Å². The molecule has 1 aliphatic heterocycles. The predicted molar refractivity (Wildman–Crippen MR) is 120 cm³/mol. The summed E-state index contributed by atoms with van der Waals surface area (Å²) in [6.45, 7) is 2.12. The third-order valence-corrected chi connectivity index (χ3v) is 5.55. The molecular weight excluding hydrogens is 358 g/mol. The first-order valence-corrected chi connectivity index (χ1v) is 10.1. The van der Waals surface area contributed by atoms with Gasteiger partial charge in [-0.15, -0.1) is 0 Å². The highest BCUT2D eigenvalue weighted by atomic mass is 16.3. The molecule has 2 N–H and O–H groups in total. The van der Waals surface area contributed by atoms with Crippen molar-refractivity contribution in [1.29, 1.82) is 0 Å². The lowest BCUT2D eigenvalue weighted by molar-refractivity contribution is 0.475. The molecule has 0 saturated carbocycles. The number of rotatable bonds is 4. The molecule has 0 amide bonds. The highest BCUT2D eigenvalue weighted by molar-refractivity contribution is 5.97. The summed E-state index contributed by atoms with van der Waals surface area (Å²) in [5.74, 6) is 0.284. The molecule has 1 aromatic heterocycles. The number of aromatic nitrogens is 2. The molecule has 1 aliphatic rings. The van der Waals surface area contributed by atoms with Crippen molar-refractivity contribution in [3.05, 3.63) is 78.0 Å². The zero-order valence-electron chi connectivity index (χ0n) is 16.2. The first-order chi connectivity index (χ1) is 14.3. The summed E-state index contributed by atoms with van der Waals surface area (Å²) in [6, 6.07) is 22.1. The SMILES string of the molecule is Oc1cccc(-c2cc3c(/C=C/c4ccccc4)n[nH]c3cc2N2CCCC2)c1. The lowest BCUT2D eigenvalue weighted by Crippen LogP contribution is -2.18. The van der Waals surface area contributed by atoms with Gasteiger partial charge >= 0.3 is 0 Å². The number of phenolic OH excluding ortho intramolecular Hbond substituents is 1. The first kappa shape index (κ1) is 17.6. The van der Waals surface area contributed by atoms with Crippen LogP contribution in [-0.2, 0) is 0 Å². The van der Waals surface area contributed by atoms with Crippen molar-refractivity contribution in [2.24, 2.45) is 0 Å². The third kappa shape index (κ3) is 3.49. The minimum absolute atomic E-state index is 0.284. The van der Waals surface area contributed by atoms with Gasteiger partial charge in [0.2, 0.25) is 0 Å². The van der Waals surface area contributed by atoms with Gasteiger partial charge in [0, 0.05) is 29.7 Å². The molecule has 0 aliphatic carbocycles. The van der Waals surface area contributed by atoms with Gasteiger partial charge in [-0.25, -0.2) is 0 Å². The van der Waals surface area contributed by atoms with E-state index in [0.29, 0.717) is 0 Å². The molecule has 0 unspecified atom stereocenters. The Hall–Kier alpha value is -3.53. The van der Waals surface area contributed by atoms with Crippen molar-refractivity contribution in [3.8, 4) is 16.9 Å². The van der Waals surface area contributed by atoms with Crippen LogP contribution < -0.4 is 4.90 Å². The fourth-order valence-electron chi connectivity index (χ4n) is 4.06. The van der Waals surface area contributed by atoms with Crippen molar-refractivity contribution in [3.63, 3.8) is 0 Å². The Balaban J connectivity index is 1.64. The molecule has 0 atom stereocenters. The minimum Gasteiger partial charge on any atom is -0.508 e. The number of hydrogen-bond acceptors (Lipinski definition) is 3. The van der Waals surface area contributed by atoms with E-state index in [4.69, 9.17) is 0 Å². The van der Waals surface area contributed by atoms with E-state index in [1.165, 1.54) is 18.5 Å². The van der Waals surface area contributed by atoms with Crippen molar-refractivity contribution in [2.75, 3.05) is 18.0 Å². The normalized spacial score (nSPS) is 14.3. The Labute approximate surface area is 170 Å². The van der Waals surface area contributed by atoms with Crippen molar-refractivity contribution >= 4 is 28.7 Å². The van der Waals surface area contributed by atoms with Crippen LogP contribution in [0.25, 0.3) is 34.2 Å². The van der Waals surface area contributed by atoms with Crippen molar-refractivity contribution < 1.29 is 5.11 Å². The smallest absolute Gasteiger partial charge is 0.116 e. The number of anilines is 1. The fourth-order valence-corrected chi connectivity index (χ4v) is 4.06. The molecule has 5 rings (SSSR count). The number of aromatic amines is 1. The van der Waals surface area contributed by atoms with Crippen LogP contribution in [-0.4, -0.2) is 28.4 Å². The first-order valence-electron chi connectivity index (χ1n) is 10.1. The molecule has 0 radical (unpaired) electrons.